The molecule has 130 valence electrons. The number of nitrogens with one attached hydrogen (secondary N) is 2. The molecule has 0 saturated heterocycles. The standard InChI is InChI=1S/C20H21BrN2O2/c1-13(2)22-19(25)20(12-17(20)14-6-4-3-5-7-14)23-18(24)15-8-10-16(21)11-9-15/h3-11,13,17H,12H2,1-2H3,(H,22,25)(H,23,24)/t17-,20-/m0/s1. The van der Waals surface area contributed by atoms with Crippen LogP contribution in [-0.4, -0.2) is 23.4 Å². The van der Waals surface area contributed by atoms with Crippen LogP contribution in [0.3, 0.4) is 0 Å². The average Bonchev–Trinajstić information content (AvgIpc) is 3.31. The van der Waals surface area contributed by atoms with Crippen molar-refractivity contribution in [2.45, 2.75) is 37.8 Å². The first-order valence-electron chi connectivity index (χ1n) is 8.36. The van der Waals surface area contributed by atoms with Crippen molar-refractivity contribution in [3.05, 3.63) is 70.2 Å². The summed E-state index contributed by atoms with van der Waals surface area (Å²) in [6.45, 7) is 3.84. The average molecular weight is 401 g/mol. The van der Waals surface area contributed by atoms with Crippen molar-refractivity contribution in [1.82, 2.24) is 10.6 Å². The van der Waals surface area contributed by atoms with Crippen molar-refractivity contribution in [1.29, 1.82) is 0 Å². The van der Waals surface area contributed by atoms with Crippen molar-refractivity contribution in [2.24, 2.45) is 0 Å². The zero-order valence-electron chi connectivity index (χ0n) is 14.3. The van der Waals surface area contributed by atoms with E-state index in [2.05, 4.69) is 26.6 Å². The van der Waals surface area contributed by atoms with Crippen LogP contribution >= 0.6 is 15.9 Å². The summed E-state index contributed by atoms with van der Waals surface area (Å²) < 4.78 is 0.907. The fourth-order valence-corrected chi connectivity index (χ4v) is 3.33. The highest BCUT2D eigenvalue weighted by molar-refractivity contribution is 9.10. The highest BCUT2D eigenvalue weighted by Crippen LogP contribution is 2.51. The molecule has 3 rings (SSSR count). The Bertz CT molecular complexity index is 774. The van der Waals surface area contributed by atoms with Gasteiger partial charge in [-0.25, -0.2) is 0 Å². The number of rotatable bonds is 5. The largest absolute Gasteiger partial charge is 0.352 e. The first kappa shape index (κ1) is 17.7. The Labute approximate surface area is 156 Å². The van der Waals surface area contributed by atoms with Gasteiger partial charge in [-0.3, -0.25) is 9.59 Å². The van der Waals surface area contributed by atoms with E-state index in [1.54, 1.807) is 12.1 Å². The lowest BCUT2D eigenvalue weighted by atomic mass is 10.0. The number of hydrogen-bond donors (Lipinski definition) is 2. The van der Waals surface area contributed by atoms with E-state index in [9.17, 15) is 9.59 Å². The third-order valence-electron chi connectivity index (χ3n) is 4.43. The number of hydrogen-bond acceptors (Lipinski definition) is 2. The van der Waals surface area contributed by atoms with Crippen LogP contribution in [0.15, 0.2) is 59.1 Å². The number of benzene rings is 2. The van der Waals surface area contributed by atoms with Crippen molar-refractivity contribution >= 4 is 27.7 Å². The molecule has 2 N–H and O–H groups in total. The molecule has 1 saturated carbocycles. The lowest BCUT2D eigenvalue weighted by Gasteiger charge is -2.21. The summed E-state index contributed by atoms with van der Waals surface area (Å²) in [5.74, 6) is -0.362. The minimum Gasteiger partial charge on any atom is -0.352 e. The molecule has 2 atom stereocenters. The van der Waals surface area contributed by atoms with Crippen LogP contribution < -0.4 is 10.6 Å². The molecule has 1 aliphatic carbocycles. The molecular weight excluding hydrogens is 380 g/mol. The molecule has 0 heterocycles. The summed E-state index contributed by atoms with van der Waals surface area (Å²) in [4.78, 5) is 25.5. The van der Waals surface area contributed by atoms with E-state index in [1.165, 1.54) is 0 Å². The minimum atomic E-state index is -0.879. The Balaban J connectivity index is 1.84. The Kier molecular flexibility index (Phi) is 4.95. The van der Waals surface area contributed by atoms with Gasteiger partial charge in [0.05, 0.1) is 0 Å². The molecule has 0 spiro atoms. The van der Waals surface area contributed by atoms with E-state index < -0.39 is 5.54 Å². The number of carbonyl (C=O) groups is 2. The predicted molar refractivity (Wildman–Crippen MR) is 101 cm³/mol. The second-order valence-corrected chi connectivity index (χ2v) is 7.64. The molecule has 2 amide bonds. The van der Waals surface area contributed by atoms with Crippen LogP contribution in [0.1, 0.15) is 42.1 Å². The molecule has 4 nitrogen and oxygen atoms in total. The van der Waals surface area contributed by atoms with E-state index in [0.717, 1.165) is 10.0 Å². The van der Waals surface area contributed by atoms with Crippen LogP contribution in [0.2, 0.25) is 0 Å². The van der Waals surface area contributed by atoms with Crippen molar-refractivity contribution in [3.8, 4) is 0 Å². The van der Waals surface area contributed by atoms with Gasteiger partial charge in [0.2, 0.25) is 5.91 Å². The lowest BCUT2D eigenvalue weighted by Crippen LogP contribution is -2.51. The summed E-state index contributed by atoms with van der Waals surface area (Å²) in [5.41, 5.74) is 0.728. The summed E-state index contributed by atoms with van der Waals surface area (Å²) >= 11 is 3.36. The molecule has 0 radical (unpaired) electrons. The van der Waals surface area contributed by atoms with Crippen LogP contribution in [0.4, 0.5) is 0 Å². The van der Waals surface area contributed by atoms with Crippen LogP contribution in [0, 0.1) is 0 Å². The second-order valence-electron chi connectivity index (χ2n) is 6.73. The molecule has 0 unspecified atom stereocenters. The van der Waals surface area contributed by atoms with Crippen molar-refractivity contribution in [3.63, 3.8) is 0 Å². The molecule has 0 aromatic heterocycles. The van der Waals surface area contributed by atoms with Gasteiger partial charge in [-0.05, 0) is 50.1 Å². The maximum atomic E-state index is 12.8. The van der Waals surface area contributed by atoms with E-state index in [0.29, 0.717) is 12.0 Å². The molecule has 1 fully saturated rings. The van der Waals surface area contributed by atoms with Crippen LogP contribution in [-0.2, 0) is 4.79 Å². The molecule has 0 aliphatic heterocycles. The summed E-state index contributed by atoms with van der Waals surface area (Å²) in [7, 11) is 0. The summed E-state index contributed by atoms with van der Waals surface area (Å²) in [6, 6.07) is 17.0. The Hall–Kier alpha value is -2.14. The van der Waals surface area contributed by atoms with Gasteiger partial charge in [0, 0.05) is 22.0 Å². The van der Waals surface area contributed by atoms with Crippen LogP contribution in [0.25, 0.3) is 0 Å². The summed E-state index contributed by atoms with van der Waals surface area (Å²) in [6.07, 6.45) is 0.609. The highest BCUT2D eigenvalue weighted by atomic mass is 79.9. The number of halogens is 1. The predicted octanol–water partition coefficient (Wildman–Crippen LogP) is 3.63. The van der Waals surface area contributed by atoms with Gasteiger partial charge in [-0.2, -0.15) is 0 Å². The smallest absolute Gasteiger partial charge is 0.252 e. The van der Waals surface area contributed by atoms with E-state index in [4.69, 9.17) is 0 Å². The van der Waals surface area contributed by atoms with E-state index in [1.807, 2.05) is 56.3 Å². The third-order valence-corrected chi connectivity index (χ3v) is 4.96. The Morgan fingerprint density at radius 3 is 2.32 bits per heavy atom. The van der Waals surface area contributed by atoms with Gasteiger partial charge in [0.25, 0.3) is 5.91 Å². The molecule has 0 bridgehead atoms. The topological polar surface area (TPSA) is 58.2 Å². The molecule has 2 aromatic carbocycles. The van der Waals surface area contributed by atoms with Gasteiger partial charge >= 0.3 is 0 Å². The third kappa shape index (κ3) is 3.76. The minimum absolute atomic E-state index is 0.00755. The molecule has 1 aliphatic rings. The monoisotopic (exact) mass is 400 g/mol. The number of amides is 2. The number of carbonyl (C=O) groups excluding carboxylic acids is 2. The first-order valence-corrected chi connectivity index (χ1v) is 9.15. The second kappa shape index (κ2) is 7.00. The normalized spacial score (nSPS) is 21.7. The van der Waals surface area contributed by atoms with E-state index in [-0.39, 0.29) is 23.8 Å². The zero-order chi connectivity index (χ0) is 18.0. The summed E-state index contributed by atoms with van der Waals surface area (Å²) in [5, 5.41) is 5.94. The Morgan fingerprint density at radius 1 is 1.08 bits per heavy atom. The molecular formula is C20H21BrN2O2. The molecule has 25 heavy (non-hydrogen) atoms. The van der Waals surface area contributed by atoms with Gasteiger partial charge < -0.3 is 10.6 Å². The first-order chi connectivity index (χ1) is 11.9. The van der Waals surface area contributed by atoms with Gasteiger partial charge in [-0.15, -0.1) is 0 Å². The fraction of sp³-hybridized carbons (Fsp3) is 0.300. The molecule has 2 aromatic rings. The highest BCUT2D eigenvalue weighted by Gasteiger charge is 2.61. The SMILES string of the molecule is CC(C)NC(=O)[C@]1(NC(=O)c2ccc(Br)cc2)C[C@H]1c1ccccc1. The quantitative estimate of drug-likeness (QED) is 0.804. The Morgan fingerprint density at radius 2 is 1.72 bits per heavy atom. The fourth-order valence-electron chi connectivity index (χ4n) is 3.06. The van der Waals surface area contributed by atoms with Crippen molar-refractivity contribution in [2.75, 3.05) is 0 Å². The van der Waals surface area contributed by atoms with Crippen molar-refractivity contribution < 1.29 is 9.59 Å². The van der Waals surface area contributed by atoms with Gasteiger partial charge in [0.15, 0.2) is 0 Å². The zero-order valence-corrected chi connectivity index (χ0v) is 15.8. The molecule has 5 heteroatoms. The van der Waals surface area contributed by atoms with E-state index >= 15 is 0 Å². The van der Waals surface area contributed by atoms with Gasteiger partial charge in [-0.1, -0.05) is 46.3 Å². The maximum Gasteiger partial charge on any atom is 0.252 e. The van der Waals surface area contributed by atoms with Gasteiger partial charge in [0.1, 0.15) is 5.54 Å². The maximum absolute atomic E-state index is 12.8. The van der Waals surface area contributed by atoms with Crippen LogP contribution in [0.5, 0.6) is 0 Å². The lowest BCUT2D eigenvalue weighted by molar-refractivity contribution is -0.124.